The van der Waals surface area contributed by atoms with Crippen molar-refractivity contribution in [3.8, 4) is 0 Å². The first-order valence-corrected chi connectivity index (χ1v) is 11.3. The number of carbonyl (C=O) groups is 2. The van der Waals surface area contributed by atoms with E-state index in [0.29, 0.717) is 29.4 Å². The molecule has 1 aliphatic rings. The molecule has 1 aliphatic heterocycles. The molecule has 0 radical (unpaired) electrons. The van der Waals surface area contributed by atoms with Gasteiger partial charge in [-0.25, -0.2) is 9.59 Å². The molecule has 0 saturated carbocycles. The predicted molar refractivity (Wildman–Crippen MR) is 119 cm³/mol. The second-order valence-electron chi connectivity index (χ2n) is 7.89. The summed E-state index contributed by atoms with van der Waals surface area (Å²) in [7, 11) is 1.33. The Morgan fingerprint density at radius 1 is 1.37 bits per heavy atom. The van der Waals surface area contributed by atoms with E-state index in [0.717, 1.165) is 5.56 Å². The summed E-state index contributed by atoms with van der Waals surface area (Å²) in [6, 6.07) is 7.40. The minimum Gasteiger partial charge on any atom is -0.467 e. The topological polar surface area (TPSA) is 83.1 Å². The third-order valence-corrected chi connectivity index (χ3v) is 5.50. The van der Waals surface area contributed by atoms with E-state index in [2.05, 4.69) is 5.32 Å². The van der Waals surface area contributed by atoms with E-state index in [1.165, 1.54) is 18.9 Å². The van der Waals surface area contributed by atoms with Crippen molar-refractivity contribution in [1.82, 2.24) is 5.32 Å². The van der Waals surface area contributed by atoms with Gasteiger partial charge in [0.05, 0.1) is 7.11 Å². The van der Waals surface area contributed by atoms with E-state index in [1.807, 2.05) is 24.3 Å². The first-order chi connectivity index (χ1) is 14.1. The molecule has 9 heteroatoms. The number of nitrogens with one attached hydrogen (secondary N) is 1. The number of esters is 1. The van der Waals surface area contributed by atoms with Crippen LogP contribution in [-0.4, -0.2) is 47.6 Å². The van der Waals surface area contributed by atoms with E-state index in [4.69, 9.17) is 31.2 Å². The van der Waals surface area contributed by atoms with Gasteiger partial charge in [0.2, 0.25) is 9.98 Å². The van der Waals surface area contributed by atoms with Gasteiger partial charge in [-0.1, -0.05) is 36.0 Å². The summed E-state index contributed by atoms with van der Waals surface area (Å²) < 4.78 is 22.5. The molecule has 2 atom stereocenters. The minimum atomic E-state index is -1.27. The monoisotopic (exact) mass is 455 g/mol. The van der Waals surface area contributed by atoms with Crippen molar-refractivity contribution in [2.45, 2.75) is 57.5 Å². The molecular formula is C21H29NO6S2. The number of amides is 1. The third kappa shape index (κ3) is 6.33. The van der Waals surface area contributed by atoms with E-state index in [-0.39, 0.29) is 6.54 Å². The number of methoxy groups -OCH3 is 1. The van der Waals surface area contributed by atoms with Crippen LogP contribution in [-0.2, 0) is 30.3 Å². The van der Waals surface area contributed by atoms with Gasteiger partial charge in [-0.2, -0.15) is 0 Å². The van der Waals surface area contributed by atoms with Crippen molar-refractivity contribution in [2.75, 3.05) is 20.0 Å². The maximum atomic E-state index is 12.7. The van der Waals surface area contributed by atoms with Crippen molar-refractivity contribution >= 4 is 40.4 Å². The highest BCUT2D eigenvalue weighted by molar-refractivity contribution is 8.22. The summed E-state index contributed by atoms with van der Waals surface area (Å²) in [6.07, 6.45) is 1.70. The minimum absolute atomic E-state index is 0.258. The van der Waals surface area contributed by atoms with Gasteiger partial charge in [0.1, 0.15) is 5.60 Å². The molecule has 1 amide bonds. The summed E-state index contributed by atoms with van der Waals surface area (Å²) in [4.78, 5) is 24.7. The predicted octanol–water partition coefficient (Wildman–Crippen LogP) is 4.14. The summed E-state index contributed by atoms with van der Waals surface area (Å²) in [5.74, 6) is -0.494. The standard InChI is InChI=1S/C21H29NO6S2/c1-20(2,3)28-18(24)22-13-14-8-6-9-15(12-14)16(27-19(29)30-5)21(17(23)25-4)10-7-11-26-21/h6,8-9,12,16H,7,10-11,13H2,1-5H3,(H,22,24). The number of benzene rings is 1. The van der Waals surface area contributed by atoms with Crippen LogP contribution in [0.4, 0.5) is 4.79 Å². The molecule has 30 heavy (non-hydrogen) atoms. The van der Waals surface area contributed by atoms with Gasteiger partial charge in [0, 0.05) is 13.2 Å². The molecule has 2 rings (SSSR count). The molecule has 0 bridgehead atoms. The Labute approximate surface area is 187 Å². The molecule has 1 aromatic rings. The lowest BCUT2D eigenvalue weighted by atomic mass is 9.87. The van der Waals surface area contributed by atoms with E-state index in [1.54, 1.807) is 27.0 Å². The van der Waals surface area contributed by atoms with Gasteiger partial charge in [-0.3, -0.25) is 0 Å². The number of carbonyl (C=O) groups excluding carboxylic acids is 2. The summed E-state index contributed by atoms with van der Waals surface area (Å²) in [6.45, 7) is 6.10. The molecule has 1 aromatic carbocycles. The van der Waals surface area contributed by atoms with Gasteiger partial charge in [-0.15, -0.1) is 0 Å². The molecule has 7 nitrogen and oxygen atoms in total. The van der Waals surface area contributed by atoms with Crippen LogP contribution in [0.5, 0.6) is 0 Å². The highest BCUT2D eigenvalue weighted by Crippen LogP contribution is 2.42. The third-order valence-electron chi connectivity index (χ3n) is 4.48. The Bertz CT molecular complexity index is 771. The van der Waals surface area contributed by atoms with Crippen LogP contribution >= 0.6 is 24.0 Å². The zero-order valence-electron chi connectivity index (χ0n) is 18.0. The van der Waals surface area contributed by atoms with Gasteiger partial charge in [-0.05, 0) is 63.2 Å². The number of rotatable bonds is 6. The number of hydrogen-bond donors (Lipinski definition) is 1. The lowest BCUT2D eigenvalue weighted by Crippen LogP contribution is -2.46. The average Bonchev–Trinajstić information content (AvgIpc) is 3.19. The fourth-order valence-electron chi connectivity index (χ4n) is 3.24. The van der Waals surface area contributed by atoms with Gasteiger partial charge in [0.15, 0.2) is 6.10 Å². The van der Waals surface area contributed by atoms with Crippen LogP contribution < -0.4 is 5.32 Å². The van der Waals surface area contributed by atoms with Crippen LogP contribution in [0.1, 0.15) is 50.8 Å². The van der Waals surface area contributed by atoms with Crippen LogP contribution in [0.15, 0.2) is 24.3 Å². The lowest BCUT2D eigenvalue weighted by Gasteiger charge is -2.34. The Balaban J connectivity index is 2.29. The number of thiocarbonyl (C=S) groups is 1. The van der Waals surface area contributed by atoms with E-state index in [9.17, 15) is 9.59 Å². The number of alkyl carbamates (subject to hydrolysis) is 1. The van der Waals surface area contributed by atoms with Gasteiger partial charge < -0.3 is 24.3 Å². The summed E-state index contributed by atoms with van der Waals surface area (Å²) in [5, 5.41) is 2.73. The molecule has 1 fully saturated rings. The Hall–Kier alpha value is -1.84. The fraction of sp³-hybridized carbons (Fsp3) is 0.571. The quantitative estimate of drug-likeness (QED) is 0.506. The SMILES string of the molecule is COC(=O)C1(C(OC(=S)SC)c2cccc(CNC(=O)OC(C)(C)C)c2)CCCO1. The second kappa shape index (κ2) is 10.5. The number of ether oxygens (including phenoxy) is 4. The maximum Gasteiger partial charge on any atom is 0.407 e. The zero-order valence-corrected chi connectivity index (χ0v) is 19.6. The molecule has 1 saturated heterocycles. The molecule has 0 aliphatic carbocycles. The van der Waals surface area contributed by atoms with E-state index >= 15 is 0 Å². The molecule has 1 N–H and O–H groups in total. The second-order valence-corrected chi connectivity index (χ2v) is 9.29. The van der Waals surface area contributed by atoms with Crippen LogP contribution in [0.3, 0.4) is 0 Å². The molecule has 2 unspecified atom stereocenters. The van der Waals surface area contributed by atoms with Crippen molar-refractivity contribution in [2.24, 2.45) is 0 Å². The molecule has 0 aromatic heterocycles. The summed E-state index contributed by atoms with van der Waals surface area (Å²) >= 11 is 6.54. The van der Waals surface area contributed by atoms with Crippen LogP contribution in [0.25, 0.3) is 0 Å². The number of hydrogen-bond acceptors (Lipinski definition) is 8. The highest BCUT2D eigenvalue weighted by Gasteiger charge is 2.53. The van der Waals surface area contributed by atoms with Gasteiger partial charge in [0.25, 0.3) is 0 Å². The van der Waals surface area contributed by atoms with Gasteiger partial charge >= 0.3 is 12.1 Å². The Morgan fingerprint density at radius 3 is 2.67 bits per heavy atom. The Kier molecular flexibility index (Phi) is 8.52. The molecular weight excluding hydrogens is 426 g/mol. The fourth-order valence-corrected chi connectivity index (χ4v) is 3.53. The molecule has 166 valence electrons. The molecule has 1 heterocycles. The Morgan fingerprint density at radius 2 is 2.10 bits per heavy atom. The van der Waals surface area contributed by atoms with Crippen molar-refractivity contribution in [3.05, 3.63) is 35.4 Å². The molecule has 0 spiro atoms. The van der Waals surface area contributed by atoms with E-state index < -0.39 is 29.4 Å². The maximum absolute atomic E-state index is 12.7. The van der Waals surface area contributed by atoms with Crippen LogP contribution in [0.2, 0.25) is 0 Å². The number of thioether (sulfide) groups is 1. The normalized spacial score (nSPS) is 19.6. The van der Waals surface area contributed by atoms with Crippen LogP contribution in [0, 0.1) is 0 Å². The zero-order chi connectivity index (χ0) is 22.4. The summed E-state index contributed by atoms with van der Waals surface area (Å²) in [5.41, 5.74) is -0.321. The first-order valence-electron chi connectivity index (χ1n) is 9.64. The highest BCUT2D eigenvalue weighted by atomic mass is 32.2. The smallest absolute Gasteiger partial charge is 0.407 e. The lowest BCUT2D eigenvalue weighted by molar-refractivity contribution is -0.176. The first kappa shape index (κ1) is 24.4. The largest absolute Gasteiger partial charge is 0.467 e. The van der Waals surface area contributed by atoms with Crippen molar-refractivity contribution < 1.29 is 28.5 Å². The average molecular weight is 456 g/mol. The van der Waals surface area contributed by atoms with Crippen molar-refractivity contribution in [1.29, 1.82) is 0 Å². The van der Waals surface area contributed by atoms with Crippen molar-refractivity contribution in [3.63, 3.8) is 0 Å².